The first-order valence-corrected chi connectivity index (χ1v) is 4.69. The van der Waals surface area contributed by atoms with E-state index in [4.69, 9.17) is 5.26 Å². The van der Waals surface area contributed by atoms with Crippen LogP contribution in [-0.4, -0.2) is 12.5 Å². The lowest BCUT2D eigenvalue weighted by Gasteiger charge is -2.11. The Bertz CT molecular complexity index is 250. The molecule has 0 saturated carbocycles. The molecule has 0 heterocycles. The van der Waals surface area contributed by atoms with Crippen LogP contribution in [0.25, 0.3) is 0 Å². The minimum absolute atomic E-state index is 0.531. The molecule has 1 aliphatic rings. The second-order valence-corrected chi connectivity index (χ2v) is 3.23. The third-order valence-corrected chi connectivity index (χ3v) is 2.22. The van der Waals surface area contributed by atoms with E-state index < -0.39 is 5.91 Å². The van der Waals surface area contributed by atoms with Crippen molar-refractivity contribution in [1.82, 2.24) is 5.32 Å². The van der Waals surface area contributed by atoms with Gasteiger partial charge in [-0.05, 0) is 32.1 Å². The Morgan fingerprint density at radius 3 is 3.08 bits per heavy atom. The van der Waals surface area contributed by atoms with Crippen molar-refractivity contribution in [2.24, 2.45) is 0 Å². The van der Waals surface area contributed by atoms with E-state index in [2.05, 4.69) is 11.4 Å². The van der Waals surface area contributed by atoms with Crippen LogP contribution >= 0.6 is 0 Å². The molecule has 0 bridgehead atoms. The number of nitrogens with zero attached hydrogens (tertiary/aromatic N) is 1. The number of hydrogen-bond donors (Lipinski definition) is 1. The molecule has 3 heteroatoms. The van der Waals surface area contributed by atoms with Gasteiger partial charge in [-0.1, -0.05) is 11.6 Å². The smallest absolute Gasteiger partial charge is 0.322 e. The highest BCUT2D eigenvalue weighted by molar-refractivity contribution is 5.91. The van der Waals surface area contributed by atoms with Crippen molar-refractivity contribution < 1.29 is 4.79 Å². The highest BCUT2D eigenvalue weighted by atomic mass is 16.1. The molecule has 1 rings (SSSR count). The molecule has 0 aromatic rings. The van der Waals surface area contributed by atoms with Gasteiger partial charge in [0.1, 0.15) is 0 Å². The molecule has 0 aliphatic heterocycles. The zero-order valence-electron chi connectivity index (χ0n) is 7.68. The summed E-state index contributed by atoms with van der Waals surface area (Å²) >= 11 is 0. The van der Waals surface area contributed by atoms with Gasteiger partial charge in [-0.25, -0.2) is 0 Å². The molecule has 0 aromatic carbocycles. The topological polar surface area (TPSA) is 52.9 Å². The maximum Gasteiger partial charge on any atom is 0.322 e. The quantitative estimate of drug-likeness (QED) is 0.526. The number of nitrogens with one attached hydrogen (secondary N) is 1. The first-order chi connectivity index (χ1) is 6.33. The molecular weight excluding hydrogens is 164 g/mol. The summed E-state index contributed by atoms with van der Waals surface area (Å²) in [5.41, 5.74) is 1.42. The summed E-state index contributed by atoms with van der Waals surface area (Å²) in [7, 11) is 0. The summed E-state index contributed by atoms with van der Waals surface area (Å²) in [5, 5.41) is 10.7. The van der Waals surface area contributed by atoms with E-state index in [9.17, 15) is 4.79 Å². The Morgan fingerprint density at radius 1 is 1.62 bits per heavy atom. The molecule has 3 nitrogen and oxygen atoms in total. The molecule has 1 aliphatic carbocycles. The van der Waals surface area contributed by atoms with Gasteiger partial charge in [-0.3, -0.25) is 4.79 Å². The predicted octanol–water partition coefficient (Wildman–Crippen LogP) is 1.52. The van der Waals surface area contributed by atoms with Gasteiger partial charge in [-0.2, -0.15) is 5.26 Å². The van der Waals surface area contributed by atoms with Gasteiger partial charge in [0.2, 0.25) is 0 Å². The lowest BCUT2D eigenvalue weighted by Crippen LogP contribution is -2.22. The average molecular weight is 178 g/mol. The van der Waals surface area contributed by atoms with Crippen LogP contribution in [0.15, 0.2) is 11.6 Å². The third kappa shape index (κ3) is 3.75. The Balaban J connectivity index is 2.15. The maximum absolute atomic E-state index is 10.6. The standard InChI is InChI=1S/C10H14N2O/c11-8-10(13)12-7-6-9-4-2-1-3-5-9/h4H,1-3,5-7H2,(H,12,13). The lowest BCUT2D eigenvalue weighted by atomic mass is 9.97. The lowest BCUT2D eigenvalue weighted by molar-refractivity contribution is -0.115. The van der Waals surface area contributed by atoms with Crippen molar-refractivity contribution in [3.05, 3.63) is 11.6 Å². The van der Waals surface area contributed by atoms with Crippen LogP contribution in [0, 0.1) is 11.3 Å². The molecule has 0 saturated heterocycles. The summed E-state index contributed by atoms with van der Waals surface area (Å²) in [6.07, 6.45) is 8.02. The number of allylic oxidation sites excluding steroid dienone is 1. The van der Waals surface area contributed by atoms with Crippen molar-refractivity contribution in [2.75, 3.05) is 6.54 Å². The second kappa shape index (κ2) is 5.36. The van der Waals surface area contributed by atoms with Gasteiger partial charge in [0.05, 0.1) is 0 Å². The van der Waals surface area contributed by atoms with Crippen LogP contribution in [0.2, 0.25) is 0 Å². The fraction of sp³-hybridized carbons (Fsp3) is 0.600. The normalized spacial score (nSPS) is 15.8. The number of rotatable bonds is 3. The van der Waals surface area contributed by atoms with Crippen molar-refractivity contribution in [3.63, 3.8) is 0 Å². The Hall–Kier alpha value is -1.30. The number of carbonyl (C=O) groups excluding carboxylic acids is 1. The van der Waals surface area contributed by atoms with Crippen LogP contribution < -0.4 is 5.32 Å². The largest absolute Gasteiger partial charge is 0.343 e. The van der Waals surface area contributed by atoms with E-state index in [-0.39, 0.29) is 0 Å². The van der Waals surface area contributed by atoms with E-state index in [0.717, 1.165) is 12.8 Å². The van der Waals surface area contributed by atoms with Crippen LogP contribution in [0.3, 0.4) is 0 Å². The molecule has 13 heavy (non-hydrogen) atoms. The minimum Gasteiger partial charge on any atom is -0.343 e. The van der Waals surface area contributed by atoms with E-state index in [1.54, 1.807) is 0 Å². The van der Waals surface area contributed by atoms with Crippen LogP contribution in [0.5, 0.6) is 0 Å². The Kier molecular flexibility index (Phi) is 4.04. The Morgan fingerprint density at radius 2 is 2.46 bits per heavy atom. The van der Waals surface area contributed by atoms with Crippen LogP contribution in [0.4, 0.5) is 0 Å². The SMILES string of the molecule is N#CC(=O)NCCC1=CCCCC1. The van der Waals surface area contributed by atoms with Crippen molar-refractivity contribution >= 4 is 5.91 Å². The van der Waals surface area contributed by atoms with E-state index in [1.165, 1.54) is 30.9 Å². The number of hydrogen-bond acceptors (Lipinski definition) is 2. The number of amides is 1. The van der Waals surface area contributed by atoms with Crippen LogP contribution in [0.1, 0.15) is 32.1 Å². The molecule has 1 amide bonds. The van der Waals surface area contributed by atoms with E-state index in [0.29, 0.717) is 6.54 Å². The molecule has 0 radical (unpaired) electrons. The second-order valence-electron chi connectivity index (χ2n) is 3.23. The molecule has 0 fully saturated rings. The average Bonchev–Trinajstić information content (AvgIpc) is 2.19. The third-order valence-electron chi connectivity index (χ3n) is 2.22. The van der Waals surface area contributed by atoms with Gasteiger partial charge in [-0.15, -0.1) is 0 Å². The zero-order valence-corrected chi connectivity index (χ0v) is 7.68. The fourth-order valence-electron chi connectivity index (χ4n) is 1.51. The molecule has 0 spiro atoms. The van der Waals surface area contributed by atoms with Crippen molar-refractivity contribution in [3.8, 4) is 6.07 Å². The monoisotopic (exact) mass is 178 g/mol. The molecular formula is C10H14N2O. The van der Waals surface area contributed by atoms with E-state index in [1.807, 2.05) is 0 Å². The summed E-state index contributed by atoms with van der Waals surface area (Å²) in [6.45, 7) is 0.595. The van der Waals surface area contributed by atoms with Gasteiger partial charge < -0.3 is 5.32 Å². The van der Waals surface area contributed by atoms with Gasteiger partial charge in [0.15, 0.2) is 6.07 Å². The first-order valence-electron chi connectivity index (χ1n) is 4.69. The molecule has 70 valence electrons. The summed E-state index contributed by atoms with van der Waals surface area (Å²) in [6, 6.07) is 1.53. The zero-order chi connectivity index (χ0) is 9.52. The molecule has 0 atom stereocenters. The fourth-order valence-corrected chi connectivity index (χ4v) is 1.51. The van der Waals surface area contributed by atoms with Crippen molar-refractivity contribution in [2.45, 2.75) is 32.1 Å². The van der Waals surface area contributed by atoms with Gasteiger partial charge >= 0.3 is 5.91 Å². The molecule has 0 unspecified atom stereocenters. The van der Waals surface area contributed by atoms with Crippen LogP contribution in [-0.2, 0) is 4.79 Å². The summed E-state index contributed by atoms with van der Waals surface area (Å²) in [4.78, 5) is 10.6. The highest BCUT2D eigenvalue weighted by Crippen LogP contribution is 2.19. The maximum atomic E-state index is 10.6. The molecule has 1 N–H and O–H groups in total. The summed E-state index contributed by atoms with van der Waals surface area (Å²) < 4.78 is 0. The highest BCUT2D eigenvalue weighted by Gasteiger charge is 2.03. The summed E-state index contributed by atoms with van der Waals surface area (Å²) in [5.74, 6) is -0.531. The van der Waals surface area contributed by atoms with Gasteiger partial charge in [0.25, 0.3) is 0 Å². The number of nitriles is 1. The van der Waals surface area contributed by atoms with Gasteiger partial charge in [0, 0.05) is 6.54 Å². The number of carbonyl (C=O) groups is 1. The van der Waals surface area contributed by atoms with E-state index >= 15 is 0 Å². The van der Waals surface area contributed by atoms with Crippen molar-refractivity contribution in [1.29, 1.82) is 5.26 Å². The minimum atomic E-state index is -0.531. The first kappa shape index (κ1) is 9.79. The predicted molar refractivity (Wildman–Crippen MR) is 49.8 cm³/mol. The Labute approximate surface area is 78.4 Å². The molecule has 0 aromatic heterocycles.